The Morgan fingerprint density at radius 2 is 2.12 bits per heavy atom. The van der Waals surface area contributed by atoms with Gasteiger partial charge in [0.05, 0.1) is 0 Å². The number of ether oxygens (including phenoxy) is 1. The molecule has 1 aromatic rings. The molecular formula is C14H20FNO. The number of nitrogens with two attached hydrogens (primary N) is 1. The molecule has 2 rings (SSSR count). The van der Waals surface area contributed by atoms with Gasteiger partial charge in [-0.1, -0.05) is 24.3 Å². The molecule has 0 aromatic heterocycles. The van der Waals surface area contributed by atoms with Gasteiger partial charge in [0.15, 0.2) is 0 Å². The maximum atomic E-state index is 14.7. The molecule has 1 aromatic carbocycles. The van der Waals surface area contributed by atoms with Crippen LogP contribution < -0.4 is 5.73 Å². The Labute approximate surface area is 102 Å². The zero-order chi connectivity index (χ0) is 12.3. The molecule has 1 aliphatic rings. The summed E-state index contributed by atoms with van der Waals surface area (Å²) in [5.41, 5.74) is 6.44. The van der Waals surface area contributed by atoms with E-state index < -0.39 is 5.67 Å². The van der Waals surface area contributed by atoms with E-state index in [1.54, 1.807) is 0 Å². The van der Waals surface area contributed by atoms with Crippen molar-refractivity contribution in [1.29, 1.82) is 0 Å². The van der Waals surface area contributed by atoms with Crippen LogP contribution >= 0.6 is 0 Å². The summed E-state index contributed by atoms with van der Waals surface area (Å²) in [5, 5.41) is 0. The molecule has 1 aliphatic heterocycles. The summed E-state index contributed by atoms with van der Waals surface area (Å²) in [5.74, 6) is 0. The first-order valence-electron chi connectivity index (χ1n) is 6.22. The van der Waals surface area contributed by atoms with Crippen LogP contribution in [0.4, 0.5) is 4.39 Å². The quantitative estimate of drug-likeness (QED) is 0.877. The van der Waals surface area contributed by atoms with Gasteiger partial charge in [-0.3, -0.25) is 0 Å². The third kappa shape index (κ3) is 3.05. The molecule has 0 spiro atoms. The van der Waals surface area contributed by atoms with Crippen LogP contribution in [0.2, 0.25) is 0 Å². The summed E-state index contributed by atoms with van der Waals surface area (Å²) in [6.07, 6.45) is 1.70. The highest BCUT2D eigenvalue weighted by molar-refractivity contribution is 5.29. The van der Waals surface area contributed by atoms with E-state index in [9.17, 15) is 4.39 Å². The van der Waals surface area contributed by atoms with Gasteiger partial charge >= 0.3 is 0 Å². The van der Waals surface area contributed by atoms with Crippen molar-refractivity contribution in [3.8, 4) is 0 Å². The number of hydrogen-bond donors (Lipinski definition) is 1. The third-order valence-electron chi connectivity index (χ3n) is 3.29. The Morgan fingerprint density at radius 1 is 1.41 bits per heavy atom. The van der Waals surface area contributed by atoms with Gasteiger partial charge in [0, 0.05) is 32.1 Å². The van der Waals surface area contributed by atoms with Gasteiger partial charge in [0.2, 0.25) is 0 Å². The van der Waals surface area contributed by atoms with E-state index in [0.717, 1.165) is 17.5 Å². The van der Waals surface area contributed by atoms with E-state index in [1.165, 1.54) is 0 Å². The highest BCUT2D eigenvalue weighted by atomic mass is 19.1. The van der Waals surface area contributed by atoms with Gasteiger partial charge in [-0.2, -0.15) is 0 Å². The minimum atomic E-state index is -1.22. The molecule has 1 atom stereocenters. The number of rotatable bonds is 3. The van der Waals surface area contributed by atoms with Gasteiger partial charge in [0.1, 0.15) is 5.67 Å². The van der Waals surface area contributed by atoms with Crippen molar-refractivity contribution in [2.75, 3.05) is 13.2 Å². The van der Waals surface area contributed by atoms with E-state index in [-0.39, 0.29) is 6.04 Å². The summed E-state index contributed by atoms with van der Waals surface area (Å²) in [7, 11) is 0. The van der Waals surface area contributed by atoms with Crippen LogP contribution in [0.25, 0.3) is 0 Å². The molecule has 2 N–H and O–H groups in total. The summed E-state index contributed by atoms with van der Waals surface area (Å²) < 4.78 is 19.9. The van der Waals surface area contributed by atoms with E-state index >= 15 is 0 Å². The Morgan fingerprint density at radius 3 is 2.76 bits per heavy atom. The molecule has 1 saturated heterocycles. The number of benzene rings is 1. The van der Waals surface area contributed by atoms with Crippen LogP contribution in [0.1, 0.15) is 30.9 Å². The van der Waals surface area contributed by atoms with Crippen LogP contribution in [0.15, 0.2) is 24.3 Å². The highest BCUT2D eigenvalue weighted by Gasteiger charge is 2.34. The zero-order valence-electron chi connectivity index (χ0n) is 10.3. The lowest BCUT2D eigenvalue weighted by Gasteiger charge is -2.30. The molecule has 0 bridgehead atoms. The number of halogens is 1. The number of alkyl halides is 1. The molecular weight excluding hydrogens is 217 g/mol. The average Bonchev–Trinajstić information content (AvgIpc) is 2.29. The summed E-state index contributed by atoms with van der Waals surface area (Å²) in [6, 6.07) is 7.86. The molecule has 0 radical (unpaired) electrons. The van der Waals surface area contributed by atoms with Crippen LogP contribution in [0.3, 0.4) is 0 Å². The Balaban J connectivity index is 2.19. The van der Waals surface area contributed by atoms with Crippen molar-refractivity contribution < 1.29 is 9.13 Å². The molecule has 3 heteroatoms. The fraction of sp³-hybridized carbons (Fsp3) is 0.571. The minimum Gasteiger partial charge on any atom is -0.381 e. The molecule has 17 heavy (non-hydrogen) atoms. The molecule has 94 valence electrons. The molecule has 0 aliphatic carbocycles. The fourth-order valence-electron chi connectivity index (χ4n) is 2.33. The largest absolute Gasteiger partial charge is 0.381 e. The van der Waals surface area contributed by atoms with E-state index in [4.69, 9.17) is 10.5 Å². The Hall–Kier alpha value is -0.930. The van der Waals surface area contributed by atoms with Gasteiger partial charge in [-0.15, -0.1) is 0 Å². The second-order valence-electron chi connectivity index (χ2n) is 4.96. The lowest BCUT2D eigenvalue weighted by molar-refractivity contribution is -0.0115. The van der Waals surface area contributed by atoms with Crippen molar-refractivity contribution in [2.45, 2.75) is 37.9 Å². The van der Waals surface area contributed by atoms with Crippen molar-refractivity contribution in [3.63, 3.8) is 0 Å². The predicted molar refractivity (Wildman–Crippen MR) is 66.6 cm³/mol. The second kappa shape index (κ2) is 5.15. The fourth-order valence-corrected chi connectivity index (χ4v) is 2.33. The lowest BCUT2D eigenvalue weighted by Crippen LogP contribution is -2.29. The molecule has 1 unspecified atom stereocenters. The first kappa shape index (κ1) is 12.5. The summed E-state index contributed by atoms with van der Waals surface area (Å²) in [4.78, 5) is 0. The predicted octanol–water partition coefficient (Wildman–Crippen LogP) is 2.55. The van der Waals surface area contributed by atoms with Crippen LogP contribution in [0, 0.1) is 0 Å². The standard InChI is InChI=1S/C14H20FNO/c1-11(16)9-12-3-2-4-13(10-12)14(15)5-7-17-8-6-14/h2-4,10-11H,5-9,16H2,1H3. The molecule has 1 fully saturated rings. The molecule has 2 nitrogen and oxygen atoms in total. The third-order valence-corrected chi connectivity index (χ3v) is 3.29. The van der Waals surface area contributed by atoms with Gasteiger partial charge in [-0.25, -0.2) is 4.39 Å². The van der Waals surface area contributed by atoms with E-state index in [2.05, 4.69) is 0 Å². The molecule has 0 saturated carbocycles. The number of hydrogen-bond acceptors (Lipinski definition) is 2. The van der Waals surface area contributed by atoms with Crippen LogP contribution in [-0.4, -0.2) is 19.3 Å². The summed E-state index contributed by atoms with van der Waals surface area (Å²) >= 11 is 0. The average molecular weight is 237 g/mol. The molecule has 1 heterocycles. The van der Waals surface area contributed by atoms with Crippen LogP contribution in [-0.2, 0) is 16.8 Å². The maximum Gasteiger partial charge on any atom is 0.140 e. The second-order valence-corrected chi connectivity index (χ2v) is 4.96. The topological polar surface area (TPSA) is 35.2 Å². The Bertz CT molecular complexity index is 372. The van der Waals surface area contributed by atoms with Crippen molar-refractivity contribution in [3.05, 3.63) is 35.4 Å². The highest BCUT2D eigenvalue weighted by Crippen LogP contribution is 2.36. The maximum absolute atomic E-state index is 14.7. The zero-order valence-corrected chi connectivity index (χ0v) is 10.3. The SMILES string of the molecule is CC(N)Cc1cccc(C2(F)CCOCC2)c1. The van der Waals surface area contributed by atoms with E-state index in [0.29, 0.717) is 26.1 Å². The van der Waals surface area contributed by atoms with Crippen molar-refractivity contribution >= 4 is 0 Å². The normalized spacial score (nSPS) is 21.1. The van der Waals surface area contributed by atoms with Gasteiger partial charge in [0.25, 0.3) is 0 Å². The summed E-state index contributed by atoms with van der Waals surface area (Å²) in [6.45, 7) is 2.98. The minimum absolute atomic E-state index is 0.107. The van der Waals surface area contributed by atoms with Gasteiger partial charge < -0.3 is 10.5 Å². The first-order chi connectivity index (χ1) is 8.10. The first-order valence-corrected chi connectivity index (χ1v) is 6.22. The van der Waals surface area contributed by atoms with Crippen LogP contribution in [0.5, 0.6) is 0 Å². The van der Waals surface area contributed by atoms with E-state index in [1.807, 2.05) is 31.2 Å². The van der Waals surface area contributed by atoms with Crippen molar-refractivity contribution in [1.82, 2.24) is 0 Å². The lowest BCUT2D eigenvalue weighted by atomic mass is 9.87. The van der Waals surface area contributed by atoms with Crippen molar-refractivity contribution in [2.24, 2.45) is 5.73 Å². The van der Waals surface area contributed by atoms with Gasteiger partial charge in [-0.05, 0) is 24.5 Å². The molecule has 0 amide bonds. The Kier molecular flexibility index (Phi) is 3.79. The smallest absolute Gasteiger partial charge is 0.140 e. The monoisotopic (exact) mass is 237 g/mol.